The van der Waals surface area contributed by atoms with E-state index in [1.165, 1.54) is 18.8 Å². The zero-order valence-electron chi connectivity index (χ0n) is 8.23. The summed E-state index contributed by atoms with van der Waals surface area (Å²) in [6.45, 7) is 2.83. The van der Waals surface area contributed by atoms with E-state index in [1.54, 1.807) is 0 Å². The Morgan fingerprint density at radius 3 is 2.64 bits per heavy atom. The predicted octanol–water partition coefficient (Wildman–Crippen LogP) is 1.92. The standard InChI is InChI=1S/C10H13N3O/c1-2-3-4-5-14-9-7-12-10(6-11)13-8-9/h7-8H,2-5H2,1H3. The summed E-state index contributed by atoms with van der Waals surface area (Å²) >= 11 is 0. The van der Waals surface area contributed by atoms with Gasteiger partial charge in [0.2, 0.25) is 5.82 Å². The van der Waals surface area contributed by atoms with Crippen molar-refractivity contribution in [3.63, 3.8) is 0 Å². The molecule has 1 aromatic rings. The minimum Gasteiger partial charge on any atom is -0.490 e. The second-order valence-electron chi connectivity index (χ2n) is 2.91. The number of hydrogen-bond acceptors (Lipinski definition) is 4. The van der Waals surface area contributed by atoms with Gasteiger partial charge >= 0.3 is 0 Å². The predicted molar refractivity (Wildman–Crippen MR) is 51.8 cm³/mol. The molecular formula is C10H13N3O. The fourth-order valence-electron chi connectivity index (χ4n) is 0.991. The van der Waals surface area contributed by atoms with E-state index in [0.717, 1.165) is 12.8 Å². The first-order valence-corrected chi connectivity index (χ1v) is 4.71. The lowest BCUT2D eigenvalue weighted by Crippen LogP contribution is -1.98. The van der Waals surface area contributed by atoms with Gasteiger partial charge in [-0.05, 0) is 6.42 Å². The summed E-state index contributed by atoms with van der Waals surface area (Å²) in [5.74, 6) is 0.797. The van der Waals surface area contributed by atoms with Crippen molar-refractivity contribution in [1.82, 2.24) is 9.97 Å². The Balaban J connectivity index is 2.33. The maximum absolute atomic E-state index is 8.46. The lowest BCUT2D eigenvalue weighted by molar-refractivity contribution is 0.304. The molecule has 0 aromatic carbocycles. The normalized spacial score (nSPS) is 9.43. The van der Waals surface area contributed by atoms with Gasteiger partial charge in [0.25, 0.3) is 0 Å². The first kappa shape index (κ1) is 10.5. The van der Waals surface area contributed by atoms with Crippen LogP contribution in [0.25, 0.3) is 0 Å². The molecule has 0 bridgehead atoms. The SMILES string of the molecule is CCCCCOc1cnc(C#N)nc1. The van der Waals surface area contributed by atoms with Crippen molar-refractivity contribution in [1.29, 1.82) is 5.26 Å². The number of nitriles is 1. The van der Waals surface area contributed by atoms with Gasteiger partial charge in [-0.25, -0.2) is 9.97 Å². The molecule has 1 aromatic heterocycles. The molecule has 0 radical (unpaired) electrons. The van der Waals surface area contributed by atoms with Crippen molar-refractivity contribution in [2.45, 2.75) is 26.2 Å². The van der Waals surface area contributed by atoms with Gasteiger partial charge in [0.1, 0.15) is 6.07 Å². The highest BCUT2D eigenvalue weighted by atomic mass is 16.5. The van der Waals surface area contributed by atoms with Crippen molar-refractivity contribution in [2.24, 2.45) is 0 Å². The Kier molecular flexibility index (Phi) is 4.42. The molecule has 1 rings (SSSR count). The van der Waals surface area contributed by atoms with E-state index in [9.17, 15) is 0 Å². The molecule has 0 aliphatic rings. The molecule has 0 spiro atoms. The van der Waals surface area contributed by atoms with Gasteiger partial charge in [0, 0.05) is 0 Å². The molecule has 0 saturated heterocycles. The lowest BCUT2D eigenvalue weighted by atomic mass is 10.3. The molecule has 0 N–H and O–H groups in total. The third-order valence-electron chi connectivity index (χ3n) is 1.74. The molecule has 0 atom stereocenters. The zero-order chi connectivity index (χ0) is 10.2. The van der Waals surface area contributed by atoms with Gasteiger partial charge < -0.3 is 4.74 Å². The van der Waals surface area contributed by atoms with Crippen molar-refractivity contribution < 1.29 is 4.74 Å². The number of ether oxygens (including phenoxy) is 1. The van der Waals surface area contributed by atoms with Crippen LogP contribution >= 0.6 is 0 Å². The van der Waals surface area contributed by atoms with Crippen molar-refractivity contribution in [3.8, 4) is 11.8 Å². The Morgan fingerprint density at radius 1 is 1.36 bits per heavy atom. The summed E-state index contributed by atoms with van der Waals surface area (Å²) < 4.78 is 5.37. The summed E-state index contributed by atoms with van der Waals surface area (Å²) in [6, 6.07) is 1.85. The van der Waals surface area contributed by atoms with E-state index in [-0.39, 0.29) is 5.82 Å². The first-order valence-electron chi connectivity index (χ1n) is 4.71. The lowest BCUT2D eigenvalue weighted by Gasteiger charge is -2.03. The number of unbranched alkanes of at least 4 members (excludes halogenated alkanes) is 2. The summed E-state index contributed by atoms with van der Waals surface area (Å²) in [6.07, 6.45) is 6.43. The van der Waals surface area contributed by atoms with Crippen molar-refractivity contribution >= 4 is 0 Å². The van der Waals surface area contributed by atoms with Crippen molar-refractivity contribution in [3.05, 3.63) is 18.2 Å². The third kappa shape index (κ3) is 3.40. The summed E-state index contributed by atoms with van der Waals surface area (Å²) in [5.41, 5.74) is 0. The molecule has 0 fully saturated rings. The van der Waals surface area contributed by atoms with Crippen LogP contribution in [0.4, 0.5) is 0 Å². The summed E-state index contributed by atoms with van der Waals surface area (Å²) in [7, 11) is 0. The third-order valence-corrected chi connectivity index (χ3v) is 1.74. The fourth-order valence-corrected chi connectivity index (χ4v) is 0.991. The van der Waals surface area contributed by atoms with E-state index in [0.29, 0.717) is 12.4 Å². The molecule has 0 unspecified atom stereocenters. The van der Waals surface area contributed by atoms with Gasteiger partial charge in [-0.1, -0.05) is 19.8 Å². The molecule has 1 heterocycles. The highest BCUT2D eigenvalue weighted by molar-refractivity contribution is 5.17. The zero-order valence-corrected chi connectivity index (χ0v) is 8.23. The van der Waals surface area contributed by atoms with E-state index in [1.807, 2.05) is 6.07 Å². The van der Waals surface area contributed by atoms with Gasteiger partial charge in [0.15, 0.2) is 5.75 Å². The second-order valence-corrected chi connectivity index (χ2v) is 2.91. The van der Waals surface area contributed by atoms with Crippen LogP contribution in [-0.2, 0) is 0 Å². The van der Waals surface area contributed by atoms with E-state index < -0.39 is 0 Å². The van der Waals surface area contributed by atoms with E-state index >= 15 is 0 Å². The Hall–Kier alpha value is -1.63. The maximum Gasteiger partial charge on any atom is 0.232 e. The van der Waals surface area contributed by atoms with Gasteiger partial charge in [-0.3, -0.25) is 0 Å². The molecular weight excluding hydrogens is 178 g/mol. The Morgan fingerprint density at radius 2 is 2.07 bits per heavy atom. The summed E-state index contributed by atoms with van der Waals surface area (Å²) in [5, 5.41) is 8.46. The van der Waals surface area contributed by atoms with Crippen LogP contribution in [0.5, 0.6) is 5.75 Å². The van der Waals surface area contributed by atoms with Crippen molar-refractivity contribution in [2.75, 3.05) is 6.61 Å². The largest absolute Gasteiger partial charge is 0.490 e. The quantitative estimate of drug-likeness (QED) is 0.667. The van der Waals surface area contributed by atoms with Gasteiger partial charge in [0.05, 0.1) is 19.0 Å². The number of aromatic nitrogens is 2. The Bertz CT molecular complexity index is 302. The van der Waals surface area contributed by atoms with Gasteiger partial charge in [-0.15, -0.1) is 0 Å². The highest BCUT2D eigenvalue weighted by Crippen LogP contribution is 2.06. The monoisotopic (exact) mass is 191 g/mol. The van der Waals surface area contributed by atoms with Gasteiger partial charge in [-0.2, -0.15) is 5.26 Å². The second kappa shape index (κ2) is 5.92. The number of rotatable bonds is 5. The number of nitrogens with zero attached hydrogens (tertiary/aromatic N) is 3. The topological polar surface area (TPSA) is 58.8 Å². The average molecular weight is 191 g/mol. The van der Waals surface area contributed by atoms with Crippen LogP contribution in [0.2, 0.25) is 0 Å². The molecule has 0 amide bonds. The number of hydrogen-bond donors (Lipinski definition) is 0. The van der Waals surface area contributed by atoms with Crippen LogP contribution in [0.3, 0.4) is 0 Å². The van der Waals surface area contributed by atoms with Crippen LogP contribution < -0.4 is 4.74 Å². The molecule has 0 aliphatic carbocycles. The summed E-state index contributed by atoms with van der Waals surface area (Å²) in [4.78, 5) is 7.60. The minimum absolute atomic E-state index is 0.172. The molecule has 0 aliphatic heterocycles. The first-order chi connectivity index (χ1) is 6.86. The maximum atomic E-state index is 8.46. The van der Waals surface area contributed by atoms with Crippen LogP contribution in [0.15, 0.2) is 12.4 Å². The van der Waals surface area contributed by atoms with Crippen LogP contribution in [0, 0.1) is 11.3 Å². The average Bonchev–Trinajstić information content (AvgIpc) is 2.25. The van der Waals surface area contributed by atoms with Crippen LogP contribution in [0.1, 0.15) is 32.0 Å². The molecule has 4 nitrogen and oxygen atoms in total. The van der Waals surface area contributed by atoms with E-state index in [2.05, 4.69) is 16.9 Å². The molecule has 4 heteroatoms. The minimum atomic E-state index is 0.172. The highest BCUT2D eigenvalue weighted by Gasteiger charge is 1.96. The fraction of sp³-hybridized carbons (Fsp3) is 0.500. The molecule has 14 heavy (non-hydrogen) atoms. The van der Waals surface area contributed by atoms with E-state index in [4.69, 9.17) is 10.00 Å². The molecule has 74 valence electrons. The smallest absolute Gasteiger partial charge is 0.232 e. The Labute approximate surface area is 83.6 Å². The molecule has 0 saturated carbocycles. The van der Waals surface area contributed by atoms with Crippen LogP contribution in [-0.4, -0.2) is 16.6 Å².